The number of amides is 1. The molecule has 1 aliphatic heterocycles. The van der Waals surface area contributed by atoms with Crippen LogP contribution in [-0.2, 0) is 14.8 Å². The number of nitrogens with one attached hydrogen (secondary N) is 1. The van der Waals surface area contributed by atoms with E-state index in [-0.39, 0.29) is 28.2 Å². The Morgan fingerprint density at radius 2 is 1.93 bits per heavy atom. The molecular formula is C20H33N3O5S. The van der Waals surface area contributed by atoms with E-state index in [2.05, 4.69) is 24.1 Å². The Kier molecular flexibility index (Phi) is 8.45. The lowest BCUT2D eigenvalue weighted by Gasteiger charge is -2.35. The number of methoxy groups -OCH3 is 1. The summed E-state index contributed by atoms with van der Waals surface area (Å²) in [6.45, 7) is 7.93. The molecule has 0 aliphatic carbocycles. The predicted octanol–water partition coefficient (Wildman–Crippen LogP) is 1.42. The molecule has 29 heavy (non-hydrogen) atoms. The average Bonchev–Trinajstić information content (AvgIpc) is 2.70. The molecule has 1 N–H and O–H groups in total. The molecule has 8 nitrogen and oxygen atoms in total. The van der Waals surface area contributed by atoms with Crippen LogP contribution in [0.2, 0.25) is 0 Å². The Hall–Kier alpha value is -1.68. The molecule has 9 heteroatoms. The molecule has 0 radical (unpaired) electrons. The summed E-state index contributed by atoms with van der Waals surface area (Å²) in [6.07, 6.45) is 0.961. The van der Waals surface area contributed by atoms with Crippen molar-refractivity contribution in [2.45, 2.75) is 31.2 Å². The third-order valence-electron chi connectivity index (χ3n) is 4.99. The van der Waals surface area contributed by atoms with E-state index < -0.39 is 10.0 Å². The molecule has 1 aromatic rings. The van der Waals surface area contributed by atoms with E-state index in [9.17, 15) is 13.2 Å². The van der Waals surface area contributed by atoms with Crippen molar-refractivity contribution < 1.29 is 22.7 Å². The van der Waals surface area contributed by atoms with Crippen LogP contribution in [0.25, 0.3) is 0 Å². The summed E-state index contributed by atoms with van der Waals surface area (Å²) < 4.78 is 36.9. The second kappa shape index (κ2) is 10.4. The molecule has 164 valence electrons. The van der Waals surface area contributed by atoms with Gasteiger partial charge in [-0.05, 0) is 30.5 Å². The molecule has 1 fully saturated rings. The first kappa shape index (κ1) is 23.6. The lowest BCUT2D eigenvalue weighted by Crippen LogP contribution is -2.49. The topological polar surface area (TPSA) is 88.2 Å². The summed E-state index contributed by atoms with van der Waals surface area (Å²) in [4.78, 5) is 15.1. The molecular weight excluding hydrogens is 394 g/mol. The largest absolute Gasteiger partial charge is 0.495 e. The van der Waals surface area contributed by atoms with Gasteiger partial charge >= 0.3 is 0 Å². The predicted molar refractivity (Wildman–Crippen MR) is 112 cm³/mol. The molecule has 1 atom stereocenters. The number of benzene rings is 1. The number of rotatable bonds is 9. The molecule has 1 aromatic carbocycles. The molecule has 0 saturated carbocycles. The second-order valence-electron chi connectivity index (χ2n) is 7.79. The smallest absolute Gasteiger partial charge is 0.251 e. The minimum absolute atomic E-state index is 0.0236. The van der Waals surface area contributed by atoms with E-state index in [0.29, 0.717) is 25.7 Å². The van der Waals surface area contributed by atoms with Gasteiger partial charge in [-0.25, -0.2) is 12.7 Å². The quantitative estimate of drug-likeness (QED) is 0.641. The van der Waals surface area contributed by atoms with E-state index in [1.54, 1.807) is 6.07 Å². The molecule has 0 spiro atoms. The number of sulfonamides is 1. The zero-order valence-electron chi connectivity index (χ0n) is 18.0. The fraction of sp³-hybridized carbons (Fsp3) is 0.650. The Labute approximate surface area is 174 Å². The van der Waals surface area contributed by atoms with Gasteiger partial charge in [0.15, 0.2) is 0 Å². The SMILES string of the molecule is COc1ccc(C(=O)NCC(CC(C)C)N2CCOCC2)cc1S(=O)(=O)N(C)C. The van der Waals surface area contributed by atoms with Crippen LogP contribution in [-0.4, -0.2) is 83.6 Å². The number of ether oxygens (including phenoxy) is 2. The molecule has 1 saturated heterocycles. The van der Waals surface area contributed by atoms with Crippen molar-refractivity contribution in [2.75, 3.05) is 54.1 Å². The fourth-order valence-corrected chi connectivity index (χ4v) is 4.45. The van der Waals surface area contributed by atoms with E-state index >= 15 is 0 Å². The van der Waals surface area contributed by atoms with E-state index in [0.717, 1.165) is 23.8 Å². The average molecular weight is 428 g/mol. The van der Waals surface area contributed by atoms with Gasteiger partial charge in [-0.15, -0.1) is 0 Å². The number of carbonyl (C=O) groups excluding carboxylic acids is 1. The Balaban J connectivity index is 2.16. The number of hydrogen-bond donors (Lipinski definition) is 1. The molecule has 2 rings (SSSR count). The van der Waals surface area contributed by atoms with Crippen LogP contribution in [0.4, 0.5) is 0 Å². The van der Waals surface area contributed by atoms with Crippen LogP contribution < -0.4 is 10.1 Å². The Morgan fingerprint density at radius 1 is 1.28 bits per heavy atom. The van der Waals surface area contributed by atoms with Crippen LogP contribution in [0.3, 0.4) is 0 Å². The third kappa shape index (κ3) is 6.15. The van der Waals surface area contributed by atoms with Crippen molar-refractivity contribution in [3.63, 3.8) is 0 Å². The monoisotopic (exact) mass is 427 g/mol. The zero-order chi connectivity index (χ0) is 21.6. The Morgan fingerprint density at radius 3 is 2.48 bits per heavy atom. The van der Waals surface area contributed by atoms with Crippen LogP contribution in [0.15, 0.2) is 23.1 Å². The first-order chi connectivity index (χ1) is 13.7. The molecule has 0 bridgehead atoms. The van der Waals surface area contributed by atoms with Crippen molar-refractivity contribution >= 4 is 15.9 Å². The van der Waals surface area contributed by atoms with Gasteiger partial charge in [0, 0.05) is 45.3 Å². The van der Waals surface area contributed by atoms with Crippen LogP contribution in [0.5, 0.6) is 5.75 Å². The summed E-state index contributed by atoms with van der Waals surface area (Å²) in [6, 6.07) is 4.68. The summed E-state index contributed by atoms with van der Waals surface area (Å²) in [5, 5.41) is 2.98. The van der Waals surface area contributed by atoms with Gasteiger partial charge in [0.25, 0.3) is 5.91 Å². The normalized spacial score (nSPS) is 16.8. The van der Waals surface area contributed by atoms with Gasteiger partial charge in [-0.3, -0.25) is 9.69 Å². The van der Waals surface area contributed by atoms with E-state index in [1.807, 2.05) is 0 Å². The summed E-state index contributed by atoms with van der Waals surface area (Å²) in [7, 11) is 0.561. The molecule has 0 aromatic heterocycles. The highest BCUT2D eigenvalue weighted by molar-refractivity contribution is 7.89. The van der Waals surface area contributed by atoms with Crippen molar-refractivity contribution in [3.8, 4) is 5.75 Å². The Bertz CT molecular complexity index is 789. The highest BCUT2D eigenvalue weighted by Gasteiger charge is 2.25. The molecule has 1 aliphatic rings. The van der Waals surface area contributed by atoms with Gasteiger partial charge in [0.2, 0.25) is 10.0 Å². The molecule has 1 heterocycles. The van der Waals surface area contributed by atoms with Crippen LogP contribution in [0, 0.1) is 5.92 Å². The number of morpholine rings is 1. The molecule has 1 amide bonds. The lowest BCUT2D eigenvalue weighted by atomic mass is 10.0. The van der Waals surface area contributed by atoms with Crippen molar-refractivity contribution in [2.24, 2.45) is 5.92 Å². The minimum atomic E-state index is -3.73. The van der Waals surface area contributed by atoms with Crippen LogP contribution >= 0.6 is 0 Å². The van der Waals surface area contributed by atoms with Gasteiger partial charge in [0.1, 0.15) is 10.6 Å². The number of nitrogens with zero attached hydrogens (tertiary/aromatic N) is 2. The van der Waals surface area contributed by atoms with Crippen molar-refractivity contribution in [1.29, 1.82) is 0 Å². The first-order valence-corrected chi connectivity index (χ1v) is 11.3. The highest BCUT2D eigenvalue weighted by Crippen LogP contribution is 2.27. The molecule has 1 unspecified atom stereocenters. The first-order valence-electron chi connectivity index (χ1n) is 9.87. The maximum absolute atomic E-state index is 12.8. The summed E-state index contributed by atoms with van der Waals surface area (Å²) in [5.74, 6) is 0.406. The number of carbonyl (C=O) groups is 1. The van der Waals surface area contributed by atoms with Gasteiger partial charge in [0.05, 0.1) is 20.3 Å². The standard InChI is InChI=1S/C20H33N3O5S/c1-15(2)12-17(23-8-10-28-11-9-23)14-21-20(24)16-6-7-18(27-5)19(13-16)29(25,26)22(3)4/h6-7,13,15,17H,8-12,14H2,1-5H3,(H,21,24). The van der Waals surface area contributed by atoms with Gasteiger partial charge in [-0.1, -0.05) is 13.8 Å². The van der Waals surface area contributed by atoms with E-state index in [4.69, 9.17) is 9.47 Å². The fourth-order valence-electron chi connectivity index (χ4n) is 3.38. The summed E-state index contributed by atoms with van der Waals surface area (Å²) in [5.41, 5.74) is 0.288. The zero-order valence-corrected chi connectivity index (χ0v) is 18.8. The van der Waals surface area contributed by atoms with Gasteiger partial charge in [-0.2, -0.15) is 0 Å². The number of hydrogen-bond acceptors (Lipinski definition) is 6. The minimum Gasteiger partial charge on any atom is -0.495 e. The third-order valence-corrected chi connectivity index (χ3v) is 6.82. The summed E-state index contributed by atoms with van der Waals surface area (Å²) >= 11 is 0. The highest BCUT2D eigenvalue weighted by atomic mass is 32.2. The lowest BCUT2D eigenvalue weighted by molar-refractivity contribution is 0.0124. The van der Waals surface area contributed by atoms with Crippen molar-refractivity contribution in [1.82, 2.24) is 14.5 Å². The second-order valence-corrected chi connectivity index (χ2v) is 9.92. The van der Waals surface area contributed by atoms with Crippen molar-refractivity contribution in [3.05, 3.63) is 23.8 Å². The van der Waals surface area contributed by atoms with Gasteiger partial charge < -0.3 is 14.8 Å². The van der Waals surface area contributed by atoms with E-state index in [1.165, 1.54) is 33.3 Å². The van der Waals surface area contributed by atoms with Crippen LogP contribution in [0.1, 0.15) is 30.6 Å². The maximum Gasteiger partial charge on any atom is 0.251 e. The maximum atomic E-state index is 12.8.